The van der Waals surface area contributed by atoms with Crippen molar-refractivity contribution in [2.24, 2.45) is 4.99 Å². The van der Waals surface area contributed by atoms with Crippen LogP contribution in [-0.2, 0) is 11.3 Å². The molecule has 0 spiro atoms. The van der Waals surface area contributed by atoms with Crippen LogP contribution in [0.4, 0.5) is 0 Å². The number of nitrogens with zero attached hydrogens (tertiary/aromatic N) is 4. The molecule has 2 heterocycles. The largest absolute Gasteiger partial charge is 0.357 e. The zero-order chi connectivity index (χ0) is 18.2. The molecular weight excluding hydrogens is 461 g/mol. The number of aryl methyl sites for hydroxylation is 1. The van der Waals surface area contributed by atoms with Crippen LogP contribution in [0.5, 0.6) is 0 Å². The number of hydrogen-bond donors (Lipinski definition) is 1. The number of nitrogens with one attached hydrogen (secondary N) is 1. The number of rotatable bonds is 6. The third-order valence-electron chi connectivity index (χ3n) is 4.47. The van der Waals surface area contributed by atoms with Crippen LogP contribution in [0.1, 0.15) is 50.2 Å². The van der Waals surface area contributed by atoms with E-state index < -0.39 is 0 Å². The van der Waals surface area contributed by atoms with Crippen LogP contribution >= 0.6 is 35.3 Å². The van der Waals surface area contributed by atoms with Crippen LogP contribution in [0.15, 0.2) is 10.4 Å². The van der Waals surface area contributed by atoms with E-state index in [9.17, 15) is 4.79 Å². The standard InChI is InChI=1S/C18H31N5OS.HI/c1-5-19-18(22(4)12-16-13-25-15(3)21-16)20-10-9-17(24)23-11-7-6-8-14(23)2;/h13-14H,5-12H2,1-4H3,(H,19,20);1H. The second kappa shape index (κ2) is 11.7. The van der Waals surface area contributed by atoms with E-state index in [4.69, 9.17) is 0 Å². The van der Waals surface area contributed by atoms with Crippen molar-refractivity contribution in [1.82, 2.24) is 20.1 Å². The van der Waals surface area contributed by atoms with Gasteiger partial charge in [0.25, 0.3) is 0 Å². The summed E-state index contributed by atoms with van der Waals surface area (Å²) in [4.78, 5) is 25.6. The van der Waals surface area contributed by atoms with Crippen LogP contribution < -0.4 is 5.32 Å². The van der Waals surface area contributed by atoms with Crippen molar-refractivity contribution >= 4 is 47.2 Å². The number of likely N-dealkylation sites (tertiary alicyclic amines) is 1. The highest BCUT2D eigenvalue weighted by molar-refractivity contribution is 14.0. The fraction of sp³-hybridized carbons (Fsp3) is 0.722. The highest BCUT2D eigenvalue weighted by atomic mass is 127. The molecule has 1 aliphatic heterocycles. The summed E-state index contributed by atoms with van der Waals surface area (Å²) in [7, 11) is 2.00. The number of carbonyl (C=O) groups excluding carboxylic acids is 1. The summed E-state index contributed by atoms with van der Waals surface area (Å²) in [6.45, 7) is 9.15. The Hall–Kier alpha value is -0.900. The molecule has 1 aliphatic rings. The molecule has 0 saturated carbocycles. The lowest BCUT2D eigenvalue weighted by Gasteiger charge is -2.33. The molecule has 1 atom stereocenters. The van der Waals surface area contributed by atoms with Gasteiger partial charge in [0.1, 0.15) is 0 Å². The van der Waals surface area contributed by atoms with Crippen LogP contribution in [0.2, 0.25) is 0 Å². The Kier molecular flexibility index (Phi) is 10.4. The van der Waals surface area contributed by atoms with Gasteiger partial charge >= 0.3 is 0 Å². The van der Waals surface area contributed by atoms with Crippen LogP contribution in [0.3, 0.4) is 0 Å². The lowest BCUT2D eigenvalue weighted by atomic mass is 10.0. The zero-order valence-corrected chi connectivity index (χ0v) is 19.5. The molecule has 26 heavy (non-hydrogen) atoms. The molecule has 0 aromatic carbocycles. The fourth-order valence-electron chi connectivity index (χ4n) is 3.14. The Balaban J connectivity index is 0.00000338. The minimum atomic E-state index is 0. The van der Waals surface area contributed by atoms with Crippen molar-refractivity contribution in [3.8, 4) is 0 Å². The van der Waals surface area contributed by atoms with Crippen molar-refractivity contribution in [3.63, 3.8) is 0 Å². The van der Waals surface area contributed by atoms with Gasteiger partial charge in [-0.3, -0.25) is 9.79 Å². The lowest BCUT2D eigenvalue weighted by Crippen LogP contribution is -2.42. The van der Waals surface area contributed by atoms with Crippen LogP contribution in [0, 0.1) is 6.92 Å². The molecule has 0 radical (unpaired) electrons. The second-order valence-corrected chi connectivity index (χ2v) is 7.69. The number of halogens is 1. The first kappa shape index (κ1) is 23.1. The predicted octanol–water partition coefficient (Wildman–Crippen LogP) is 3.26. The van der Waals surface area contributed by atoms with Gasteiger partial charge in [-0.15, -0.1) is 35.3 Å². The summed E-state index contributed by atoms with van der Waals surface area (Å²) >= 11 is 1.66. The van der Waals surface area contributed by atoms with E-state index in [1.54, 1.807) is 11.3 Å². The Morgan fingerprint density at radius 1 is 1.50 bits per heavy atom. The Morgan fingerprint density at radius 2 is 2.27 bits per heavy atom. The van der Waals surface area contributed by atoms with Crippen LogP contribution in [0.25, 0.3) is 0 Å². The number of amides is 1. The van der Waals surface area contributed by atoms with E-state index in [0.717, 1.165) is 42.6 Å². The maximum absolute atomic E-state index is 12.4. The van der Waals surface area contributed by atoms with E-state index in [2.05, 4.69) is 39.4 Å². The number of guanidine groups is 1. The van der Waals surface area contributed by atoms with Gasteiger partial charge in [-0.1, -0.05) is 0 Å². The average Bonchev–Trinajstić information content (AvgIpc) is 2.99. The van der Waals surface area contributed by atoms with E-state index in [0.29, 0.717) is 25.6 Å². The first-order chi connectivity index (χ1) is 12.0. The normalized spacial score (nSPS) is 17.6. The summed E-state index contributed by atoms with van der Waals surface area (Å²) < 4.78 is 0. The molecule has 1 saturated heterocycles. The van der Waals surface area contributed by atoms with Gasteiger partial charge in [-0.2, -0.15) is 0 Å². The number of hydrogen-bond acceptors (Lipinski definition) is 4. The summed E-state index contributed by atoms with van der Waals surface area (Å²) in [5.74, 6) is 1.05. The molecule has 1 unspecified atom stereocenters. The number of aromatic nitrogens is 1. The maximum atomic E-state index is 12.4. The smallest absolute Gasteiger partial charge is 0.224 e. The van der Waals surface area contributed by atoms with Crippen LogP contribution in [-0.4, -0.2) is 59.4 Å². The van der Waals surface area contributed by atoms with Gasteiger partial charge in [-0.25, -0.2) is 4.98 Å². The van der Waals surface area contributed by atoms with Crippen molar-refractivity contribution < 1.29 is 4.79 Å². The first-order valence-corrected chi connectivity index (χ1v) is 10.1. The molecule has 6 nitrogen and oxygen atoms in total. The first-order valence-electron chi connectivity index (χ1n) is 9.21. The highest BCUT2D eigenvalue weighted by Gasteiger charge is 2.22. The van der Waals surface area contributed by atoms with Gasteiger partial charge in [-0.05, 0) is 40.0 Å². The Bertz CT molecular complexity index is 592. The number of piperidine rings is 1. The third-order valence-corrected chi connectivity index (χ3v) is 5.30. The van der Waals surface area contributed by atoms with Gasteiger partial charge in [0, 0.05) is 38.0 Å². The highest BCUT2D eigenvalue weighted by Crippen LogP contribution is 2.17. The van der Waals surface area contributed by atoms with Gasteiger partial charge in [0.15, 0.2) is 5.96 Å². The topological polar surface area (TPSA) is 60.8 Å². The Morgan fingerprint density at radius 3 is 2.88 bits per heavy atom. The monoisotopic (exact) mass is 493 g/mol. The summed E-state index contributed by atoms with van der Waals surface area (Å²) in [5.41, 5.74) is 1.05. The van der Waals surface area contributed by atoms with Gasteiger partial charge in [0.2, 0.25) is 5.91 Å². The molecule has 148 valence electrons. The molecule has 1 N–H and O–H groups in total. The lowest BCUT2D eigenvalue weighted by molar-refractivity contribution is -0.134. The van der Waals surface area contributed by atoms with Crippen molar-refractivity contribution in [2.75, 3.05) is 26.7 Å². The van der Waals surface area contributed by atoms with E-state index in [1.165, 1.54) is 6.42 Å². The predicted molar refractivity (Wildman–Crippen MR) is 119 cm³/mol. The van der Waals surface area contributed by atoms with E-state index >= 15 is 0 Å². The van der Waals surface area contributed by atoms with Gasteiger partial charge < -0.3 is 15.1 Å². The molecule has 1 amide bonds. The molecule has 1 aromatic heterocycles. The quantitative estimate of drug-likeness (QED) is 0.376. The van der Waals surface area contributed by atoms with E-state index in [1.807, 2.05) is 18.9 Å². The number of carbonyl (C=O) groups is 1. The molecule has 2 rings (SSSR count). The van der Waals surface area contributed by atoms with Crippen molar-refractivity contribution in [3.05, 3.63) is 16.1 Å². The molecule has 0 aliphatic carbocycles. The summed E-state index contributed by atoms with van der Waals surface area (Å²) in [6, 6.07) is 0.369. The second-order valence-electron chi connectivity index (χ2n) is 6.63. The SMILES string of the molecule is CCNC(=NCCC(=O)N1CCCCC1C)N(C)Cc1csc(C)n1.I. The molecule has 1 fully saturated rings. The van der Waals surface area contributed by atoms with E-state index in [-0.39, 0.29) is 29.9 Å². The van der Waals surface area contributed by atoms with Crippen molar-refractivity contribution in [1.29, 1.82) is 0 Å². The average molecular weight is 493 g/mol. The summed E-state index contributed by atoms with van der Waals surface area (Å²) in [6.07, 6.45) is 3.95. The van der Waals surface area contributed by atoms with Gasteiger partial charge in [0.05, 0.1) is 23.8 Å². The molecule has 0 bridgehead atoms. The maximum Gasteiger partial charge on any atom is 0.224 e. The zero-order valence-electron chi connectivity index (χ0n) is 16.3. The minimum Gasteiger partial charge on any atom is -0.357 e. The van der Waals surface area contributed by atoms with Crippen molar-refractivity contribution in [2.45, 2.75) is 59.0 Å². The Labute approximate surface area is 178 Å². The summed E-state index contributed by atoms with van der Waals surface area (Å²) in [5, 5.41) is 6.45. The molecule has 8 heteroatoms. The molecule has 1 aromatic rings. The minimum absolute atomic E-state index is 0. The molecular formula is C18H32IN5OS. The third kappa shape index (κ3) is 7.02. The number of thiazole rings is 1. The number of aliphatic imine (C=N–C) groups is 1. The fourth-order valence-corrected chi connectivity index (χ4v) is 3.74.